The van der Waals surface area contributed by atoms with Crippen molar-refractivity contribution in [3.05, 3.63) is 93.0 Å². The van der Waals surface area contributed by atoms with Crippen LogP contribution in [0, 0.1) is 0 Å². The highest BCUT2D eigenvalue weighted by molar-refractivity contribution is 6.31. The van der Waals surface area contributed by atoms with E-state index in [2.05, 4.69) is 15.3 Å². The lowest BCUT2D eigenvalue weighted by atomic mass is 9.88. The number of carbonyl (C=O) groups is 1. The highest BCUT2D eigenvalue weighted by atomic mass is 35.5. The normalized spacial score (nSPS) is 11.8. The van der Waals surface area contributed by atoms with Crippen LogP contribution in [-0.4, -0.2) is 27.5 Å². The Morgan fingerprint density at radius 1 is 1.14 bits per heavy atom. The van der Waals surface area contributed by atoms with Gasteiger partial charge in [0.05, 0.1) is 6.07 Å². The monoisotopic (exact) mass is 397 g/mol. The van der Waals surface area contributed by atoms with Gasteiger partial charge < -0.3 is 15.4 Å². The summed E-state index contributed by atoms with van der Waals surface area (Å²) in [5, 5.41) is 12.8. The predicted molar refractivity (Wildman–Crippen MR) is 108 cm³/mol. The van der Waals surface area contributed by atoms with Gasteiger partial charge in [0, 0.05) is 30.3 Å². The number of H-pyrrole nitrogens is 1. The molecule has 1 heterocycles. The van der Waals surface area contributed by atoms with E-state index in [0.717, 1.165) is 17.2 Å². The minimum atomic E-state index is -0.434. The number of halogens is 1. The van der Waals surface area contributed by atoms with Crippen LogP contribution in [0.5, 0.6) is 5.88 Å². The fourth-order valence-electron chi connectivity index (χ4n) is 3.04. The average Bonchev–Trinajstić information content (AvgIpc) is 2.67. The molecule has 6 nitrogen and oxygen atoms in total. The van der Waals surface area contributed by atoms with E-state index < -0.39 is 5.56 Å². The average molecular weight is 398 g/mol. The molecular weight excluding hydrogens is 378 g/mol. The third-order valence-electron chi connectivity index (χ3n) is 4.33. The van der Waals surface area contributed by atoms with Crippen molar-refractivity contribution in [2.75, 3.05) is 6.54 Å². The van der Waals surface area contributed by atoms with Crippen LogP contribution >= 0.6 is 11.6 Å². The maximum Gasteiger partial charge on any atom is 0.254 e. The molecule has 3 N–H and O–H groups in total. The number of benzene rings is 2. The van der Waals surface area contributed by atoms with E-state index in [1.165, 1.54) is 0 Å². The second-order valence-corrected chi connectivity index (χ2v) is 6.75. The Hall–Kier alpha value is -3.12. The maximum absolute atomic E-state index is 12.5. The Labute approximate surface area is 167 Å². The van der Waals surface area contributed by atoms with Gasteiger partial charge in [-0.2, -0.15) is 0 Å². The summed E-state index contributed by atoms with van der Waals surface area (Å²) in [4.78, 5) is 30.2. The SMILES string of the molecule is O=C(CC(c1ccccc1)c1ccccc1Cl)NCCc1nc(O)cc(=O)[nH]1. The van der Waals surface area contributed by atoms with Gasteiger partial charge in [0.1, 0.15) is 5.82 Å². The summed E-state index contributed by atoms with van der Waals surface area (Å²) >= 11 is 6.37. The molecule has 0 aliphatic carbocycles. The van der Waals surface area contributed by atoms with Gasteiger partial charge in [-0.1, -0.05) is 60.1 Å². The van der Waals surface area contributed by atoms with Gasteiger partial charge in [0.25, 0.3) is 5.56 Å². The Kier molecular flexibility index (Phi) is 6.45. The number of aromatic amines is 1. The summed E-state index contributed by atoms with van der Waals surface area (Å²) in [5.41, 5.74) is 1.46. The Bertz CT molecular complexity index is 1010. The lowest BCUT2D eigenvalue weighted by Gasteiger charge is -2.19. The molecule has 3 aromatic rings. The zero-order valence-electron chi connectivity index (χ0n) is 15.1. The van der Waals surface area contributed by atoms with Gasteiger partial charge in [-0.15, -0.1) is 0 Å². The van der Waals surface area contributed by atoms with Crippen LogP contribution in [0.15, 0.2) is 65.5 Å². The molecule has 1 atom stereocenters. The topological polar surface area (TPSA) is 95.1 Å². The van der Waals surface area contributed by atoms with Crippen LogP contribution in [0.2, 0.25) is 5.02 Å². The molecule has 1 unspecified atom stereocenters. The molecule has 144 valence electrons. The van der Waals surface area contributed by atoms with Gasteiger partial charge in [0.2, 0.25) is 11.8 Å². The summed E-state index contributed by atoms with van der Waals surface area (Å²) in [6.07, 6.45) is 0.537. The maximum atomic E-state index is 12.5. The largest absolute Gasteiger partial charge is 0.493 e. The number of hydrogen-bond acceptors (Lipinski definition) is 4. The number of nitrogens with zero attached hydrogens (tertiary/aromatic N) is 1. The summed E-state index contributed by atoms with van der Waals surface area (Å²) in [5.74, 6) is -0.339. The summed E-state index contributed by atoms with van der Waals surface area (Å²) < 4.78 is 0. The molecule has 1 amide bonds. The molecule has 0 aliphatic rings. The number of amides is 1. The van der Waals surface area contributed by atoms with Crippen molar-refractivity contribution >= 4 is 17.5 Å². The van der Waals surface area contributed by atoms with Crippen LogP contribution in [-0.2, 0) is 11.2 Å². The number of aromatic hydroxyl groups is 1. The van der Waals surface area contributed by atoms with E-state index in [4.69, 9.17) is 11.6 Å². The first-order valence-corrected chi connectivity index (χ1v) is 9.26. The van der Waals surface area contributed by atoms with Gasteiger partial charge in [0.15, 0.2) is 0 Å². The standard InChI is InChI=1S/C21H20ClN3O3/c22-17-9-5-4-8-15(17)16(14-6-2-1-3-7-14)12-19(26)23-11-10-18-24-20(27)13-21(28)25-18/h1-9,13,16H,10-12H2,(H,23,26)(H2,24,25,27,28). The Balaban J connectivity index is 1.68. The number of aromatic nitrogens is 2. The first-order valence-electron chi connectivity index (χ1n) is 8.88. The van der Waals surface area contributed by atoms with Crippen molar-refractivity contribution in [1.29, 1.82) is 0 Å². The summed E-state index contributed by atoms with van der Waals surface area (Å²) in [6, 6.07) is 18.2. The fourth-order valence-corrected chi connectivity index (χ4v) is 3.31. The summed E-state index contributed by atoms with van der Waals surface area (Å²) in [7, 11) is 0. The zero-order chi connectivity index (χ0) is 19.9. The zero-order valence-corrected chi connectivity index (χ0v) is 15.8. The second kappa shape index (κ2) is 9.19. The quantitative estimate of drug-likeness (QED) is 0.571. The van der Waals surface area contributed by atoms with E-state index >= 15 is 0 Å². The third kappa shape index (κ3) is 5.20. The van der Waals surface area contributed by atoms with Crippen molar-refractivity contribution in [3.63, 3.8) is 0 Å². The predicted octanol–water partition coefficient (Wildman–Crippen LogP) is 3.01. The molecular formula is C21H20ClN3O3. The molecule has 3 rings (SSSR count). The third-order valence-corrected chi connectivity index (χ3v) is 4.68. The number of carbonyl (C=O) groups excluding carboxylic acids is 1. The van der Waals surface area contributed by atoms with Crippen LogP contribution in [0.4, 0.5) is 0 Å². The first kappa shape index (κ1) is 19.6. The molecule has 0 aliphatic heterocycles. The number of hydrogen-bond donors (Lipinski definition) is 3. The van der Waals surface area contributed by atoms with Crippen molar-refractivity contribution in [2.24, 2.45) is 0 Å². The van der Waals surface area contributed by atoms with Gasteiger partial charge in [-0.05, 0) is 17.2 Å². The first-order chi connectivity index (χ1) is 13.5. The highest BCUT2D eigenvalue weighted by Crippen LogP contribution is 2.32. The molecule has 0 bridgehead atoms. The van der Waals surface area contributed by atoms with Crippen molar-refractivity contribution < 1.29 is 9.90 Å². The highest BCUT2D eigenvalue weighted by Gasteiger charge is 2.20. The lowest BCUT2D eigenvalue weighted by Crippen LogP contribution is -2.28. The van der Waals surface area contributed by atoms with Gasteiger partial charge in [-0.3, -0.25) is 9.59 Å². The van der Waals surface area contributed by atoms with Crippen LogP contribution in [0.1, 0.15) is 29.3 Å². The van der Waals surface area contributed by atoms with E-state index in [1.807, 2.05) is 54.6 Å². The van der Waals surface area contributed by atoms with Crippen molar-refractivity contribution in [3.8, 4) is 5.88 Å². The second-order valence-electron chi connectivity index (χ2n) is 6.34. The van der Waals surface area contributed by atoms with Crippen LogP contribution in [0.25, 0.3) is 0 Å². The van der Waals surface area contributed by atoms with E-state index in [9.17, 15) is 14.7 Å². The number of nitrogens with one attached hydrogen (secondary N) is 2. The number of rotatable bonds is 7. The van der Waals surface area contributed by atoms with Crippen LogP contribution in [0.3, 0.4) is 0 Å². The van der Waals surface area contributed by atoms with Crippen molar-refractivity contribution in [1.82, 2.24) is 15.3 Å². The Morgan fingerprint density at radius 2 is 1.86 bits per heavy atom. The smallest absolute Gasteiger partial charge is 0.254 e. The van der Waals surface area contributed by atoms with E-state index in [-0.39, 0.29) is 30.7 Å². The molecule has 0 radical (unpaired) electrons. The molecule has 1 aromatic heterocycles. The van der Waals surface area contributed by atoms with E-state index in [1.54, 1.807) is 0 Å². The minimum Gasteiger partial charge on any atom is -0.493 e. The molecule has 0 fully saturated rings. The van der Waals surface area contributed by atoms with E-state index in [0.29, 0.717) is 17.3 Å². The summed E-state index contributed by atoms with van der Waals surface area (Å²) in [6.45, 7) is 0.287. The molecule has 0 saturated heterocycles. The molecule has 0 saturated carbocycles. The lowest BCUT2D eigenvalue weighted by molar-refractivity contribution is -0.121. The molecule has 0 spiro atoms. The van der Waals surface area contributed by atoms with Crippen molar-refractivity contribution in [2.45, 2.75) is 18.8 Å². The molecule has 2 aromatic carbocycles. The molecule has 28 heavy (non-hydrogen) atoms. The molecule has 7 heteroatoms. The minimum absolute atomic E-state index is 0.142. The van der Waals surface area contributed by atoms with Gasteiger partial charge >= 0.3 is 0 Å². The van der Waals surface area contributed by atoms with Crippen LogP contribution < -0.4 is 10.9 Å². The van der Waals surface area contributed by atoms with Gasteiger partial charge in [-0.25, -0.2) is 4.98 Å². The fraction of sp³-hybridized carbons (Fsp3) is 0.190. The Morgan fingerprint density at radius 3 is 2.57 bits per heavy atom.